The summed E-state index contributed by atoms with van der Waals surface area (Å²) in [5.41, 5.74) is 0. The highest BCUT2D eigenvalue weighted by Crippen LogP contribution is 2.14. The first-order valence-corrected chi connectivity index (χ1v) is 10.5. The van der Waals surface area contributed by atoms with Crippen molar-refractivity contribution in [3.8, 4) is 0 Å². The van der Waals surface area contributed by atoms with Crippen LogP contribution >= 0.6 is 0 Å². The Morgan fingerprint density at radius 1 is 0.864 bits per heavy atom. The van der Waals surface area contributed by atoms with Gasteiger partial charge in [-0.3, -0.25) is 0 Å². The van der Waals surface area contributed by atoms with E-state index in [4.69, 9.17) is 0 Å². The molecule has 0 N–H and O–H groups in total. The van der Waals surface area contributed by atoms with Crippen molar-refractivity contribution in [3.63, 3.8) is 0 Å². The molecule has 134 valence electrons. The van der Waals surface area contributed by atoms with Crippen molar-refractivity contribution in [3.05, 3.63) is 0 Å². The minimum atomic E-state index is -4.12. The van der Waals surface area contributed by atoms with E-state index in [1.165, 1.54) is 57.8 Å². The highest BCUT2D eigenvalue weighted by atomic mass is 32.2. The normalized spacial score (nSPS) is 14.2. The van der Waals surface area contributed by atoms with Crippen molar-refractivity contribution in [2.24, 2.45) is 0 Å². The number of hydrogen-bond donors (Lipinski definition) is 0. The van der Waals surface area contributed by atoms with Crippen molar-refractivity contribution in [1.29, 1.82) is 0 Å². The lowest BCUT2D eigenvalue weighted by atomic mass is 10.1. The Morgan fingerprint density at radius 3 is 1.68 bits per heavy atom. The molecular formula is C17H37NO3S. The summed E-state index contributed by atoms with van der Waals surface area (Å²) >= 11 is 0. The van der Waals surface area contributed by atoms with Crippen LogP contribution in [0.1, 0.15) is 78.1 Å². The van der Waals surface area contributed by atoms with Crippen LogP contribution in [0.15, 0.2) is 0 Å². The van der Waals surface area contributed by atoms with Crippen molar-refractivity contribution < 1.29 is 17.5 Å². The second-order valence-electron chi connectivity index (χ2n) is 7.26. The van der Waals surface area contributed by atoms with Gasteiger partial charge in [0.2, 0.25) is 0 Å². The first-order chi connectivity index (χ1) is 10.2. The van der Waals surface area contributed by atoms with Gasteiger partial charge in [0.15, 0.2) is 0 Å². The van der Waals surface area contributed by atoms with Gasteiger partial charge in [0.05, 0.1) is 32.4 Å². The summed E-state index contributed by atoms with van der Waals surface area (Å²) in [5, 5.41) is 0. The van der Waals surface area contributed by atoms with Crippen LogP contribution in [0.25, 0.3) is 0 Å². The quantitative estimate of drug-likeness (QED) is 0.275. The van der Waals surface area contributed by atoms with Gasteiger partial charge in [0.25, 0.3) is 0 Å². The molecule has 0 fully saturated rings. The zero-order chi connectivity index (χ0) is 17.1. The van der Waals surface area contributed by atoms with Crippen LogP contribution in [-0.4, -0.2) is 49.9 Å². The zero-order valence-corrected chi connectivity index (χ0v) is 16.0. The molecule has 1 atom stereocenters. The first kappa shape index (κ1) is 21.9. The minimum absolute atomic E-state index is 0.138. The molecule has 0 saturated heterocycles. The molecule has 0 amide bonds. The van der Waals surface area contributed by atoms with Crippen LogP contribution in [0.4, 0.5) is 0 Å². The lowest BCUT2D eigenvalue weighted by Gasteiger charge is -2.36. The number of nitrogens with zero attached hydrogens (tertiary/aromatic N) is 1. The molecule has 1 unspecified atom stereocenters. The summed E-state index contributed by atoms with van der Waals surface area (Å²) in [5.74, 6) is -0.266. The Morgan fingerprint density at radius 2 is 1.27 bits per heavy atom. The lowest BCUT2D eigenvalue weighted by Crippen LogP contribution is -2.50. The largest absolute Gasteiger partial charge is 0.748 e. The average molecular weight is 336 g/mol. The second kappa shape index (κ2) is 11.4. The Bertz CT molecular complexity index is 366. The van der Waals surface area contributed by atoms with Crippen LogP contribution < -0.4 is 0 Å². The van der Waals surface area contributed by atoms with Gasteiger partial charge in [0, 0.05) is 0 Å². The van der Waals surface area contributed by atoms with Crippen molar-refractivity contribution in [2.75, 3.05) is 26.4 Å². The summed E-state index contributed by atoms with van der Waals surface area (Å²) in [6.45, 7) is 5.03. The van der Waals surface area contributed by atoms with Crippen LogP contribution in [0.2, 0.25) is 0 Å². The molecule has 4 nitrogen and oxygen atoms in total. The Kier molecular flexibility index (Phi) is 11.3. The maximum absolute atomic E-state index is 10.9. The molecular weight excluding hydrogens is 298 g/mol. The standard InChI is InChI=1S/C17H37NO3S/c1-5-6-7-8-9-10-11-12-13-14-15-18(3,4)17(2)16-22(19,20)21/h17H,5-16H2,1-4H3. The van der Waals surface area contributed by atoms with Crippen LogP contribution in [0.3, 0.4) is 0 Å². The molecule has 0 aliphatic rings. The van der Waals surface area contributed by atoms with Crippen molar-refractivity contribution >= 4 is 10.1 Å². The molecule has 5 heteroatoms. The fourth-order valence-electron chi connectivity index (χ4n) is 2.72. The monoisotopic (exact) mass is 335 g/mol. The molecule has 0 aromatic heterocycles. The summed E-state index contributed by atoms with van der Waals surface area (Å²) in [4.78, 5) is 0. The molecule has 0 aromatic carbocycles. The third-order valence-electron chi connectivity index (χ3n) is 4.73. The van der Waals surface area contributed by atoms with E-state index in [9.17, 15) is 13.0 Å². The number of unbranched alkanes of at least 4 members (excludes halogenated alkanes) is 9. The topological polar surface area (TPSA) is 57.2 Å². The predicted molar refractivity (Wildman–Crippen MR) is 92.8 cm³/mol. The third-order valence-corrected chi connectivity index (χ3v) is 5.62. The van der Waals surface area contributed by atoms with Crippen molar-refractivity contribution in [2.45, 2.75) is 84.1 Å². The van der Waals surface area contributed by atoms with E-state index in [1.807, 2.05) is 21.0 Å². The minimum Gasteiger partial charge on any atom is -0.748 e. The highest BCUT2D eigenvalue weighted by Gasteiger charge is 2.25. The van der Waals surface area contributed by atoms with E-state index < -0.39 is 10.1 Å². The third kappa shape index (κ3) is 12.4. The van der Waals surface area contributed by atoms with E-state index in [0.29, 0.717) is 4.48 Å². The van der Waals surface area contributed by atoms with Gasteiger partial charge in [-0.1, -0.05) is 58.3 Å². The fraction of sp³-hybridized carbons (Fsp3) is 1.00. The van der Waals surface area contributed by atoms with Gasteiger partial charge in [-0.15, -0.1) is 0 Å². The Labute approximate surface area is 138 Å². The number of rotatable bonds is 14. The van der Waals surface area contributed by atoms with Gasteiger partial charge in [-0.2, -0.15) is 0 Å². The summed E-state index contributed by atoms with van der Waals surface area (Å²) in [6.07, 6.45) is 13.0. The maximum atomic E-state index is 10.9. The number of quaternary nitrogens is 1. The Balaban J connectivity index is 3.64. The molecule has 0 bridgehead atoms. The highest BCUT2D eigenvalue weighted by molar-refractivity contribution is 7.85. The van der Waals surface area contributed by atoms with Crippen LogP contribution in [0, 0.1) is 0 Å². The fourth-order valence-corrected chi connectivity index (χ4v) is 3.72. The molecule has 0 radical (unpaired) electrons. The summed E-state index contributed by atoms with van der Waals surface area (Å²) in [6, 6.07) is -0.138. The van der Waals surface area contributed by atoms with Gasteiger partial charge in [-0.25, -0.2) is 8.42 Å². The summed E-state index contributed by atoms with van der Waals surface area (Å²) < 4.78 is 33.2. The van der Waals surface area contributed by atoms with E-state index in [2.05, 4.69) is 6.92 Å². The molecule has 0 saturated carbocycles. The SMILES string of the molecule is CCCCCCCCCCCC[N+](C)(C)C(C)CS(=O)(=O)[O-]. The molecule has 0 spiro atoms. The smallest absolute Gasteiger partial charge is 0.100 e. The van der Waals surface area contributed by atoms with E-state index in [1.54, 1.807) is 0 Å². The van der Waals surface area contributed by atoms with Crippen LogP contribution in [0.5, 0.6) is 0 Å². The van der Waals surface area contributed by atoms with Gasteiger partial charge in [-0.05, 0) is 19.8 Å². The van der Waals surface area contributed by atoms with Gasteiger partial charge < -0.3 is 9.04 Å². The van der Waals surface area contributed by atoms with Crippen molar-refractivity contribution in [1.82, 2.24) is 0 Å². The average Bonchev–Trinajstić information content (AvgIpc) is 2.39. The lowest BCUT2D eigenvalue weighted by molar-refractivity contribution is -0.910. The predicted octanol–water partition coefficient (Wildman–Crippen LogP) is 3.92. The maximum Gasteiger partial charge on any atom is 0.100 e. The first-order valence-electron chi connectivity index (χ1n) is 8.95. The van der Waals surface area contributed by atoms with E-state index in [0.717, 1.165) is 13.0 Å². The van der Waals surface area contributed by atoms with Gasteiger partial charge >= 0.3 is 0 Å². The summed E-state index contributed by atoms with van der Waals surface area (Å²) in [7, 11) is -0.0896. The van der Waals surface area contributed by atoms with E-state index >= 15 is 0 Å². The van der Waals surface area contributed by atoms with Crippen LogP contribution in [-0.2, 0) is 10.1 Å². The zero-order valence-electron chi connectivity index (χ0n) is 15.1. The molecule has 0 aliphatic carbocycles. The Hall–Kier alpha value is -0.130. The molecule has 0 aromatic rings. The molecule has 0 rings (SSSR count). The van der Waals surface area contributed by atoms with E-state index in [-0.39, 0.29) is 11.8 Å². The molecule has 22 heavy (non-hydrogen) atoms. The molecule has 0 heterocycles. The number of hydrogen-bond acceptors (Lipinski definition) is 3. The van der Waals surface area contributed by atoms with Gasteiger partial charge in [0.1, 0.15) is 10.1 Å². The molecule has 0 aliphatic heterocycles. The second-order valence-corrected chi connectivity index (χ2v) is 8.71.